The van der Waals surface area contributed by atoms with Crippen LogP contribution in [0.15, 0.2) is 22.7 Å². The van der Waals surface area contributed by atoms with Gasteiger partial charge in [-0.15, -0.1) is 0 Å². The molecule has 0 atom stereocenters. The van der Waals surface area contributed by atoms with Crippen molar-refractivity contribution in [3.05, 3.63) is 33.8 Å². The Kier molecular flexibility index (Phi) is 4.96. The van der Waals surface area contributed by atoms with Crippen LogP contribution in [0.3, 0.4) is 0 Å². The highest BCUT2D eigenvalue weighted by Gasteiger charge is 2.20. The van der Waals surface area contributed by atoms with Gasteiger partial charge < -0.3 is 10.0 Å². The van der Waals surface area contributed by atoms with Crippen LogP contribution in [0, 0.1) is 6.92 Å². The number of amides is 1. The highest BCUT2D eigenvalue weighted by molar-refractivity contribution is 9.10. The zero-order chi connectivity index (χ0) is 13.8. The van der Waals surface area contributed by atoms with Crippen molar-refractivity contribution in [2.45, 2.75) is 13.5 Å². The van der Waals surface area contributed by atoms with Gasteiger partial charge in [-0.05, 0) is 30.2 Å². The van der Waals surface area contributed by atoms with Crippen LogP contribution in [-0.2, 0) is 11.3 Å². The van der Waals surface area contributed by atoms with Crippen molar-refractivity contribution in [1.82, 2.24) is 9.80 Å². The van der Waals surface area contributed by atoms with Crippen LogP contribution >= 0.6 is 15.9 Å². The summed E-state index contributed by atoms with van der Waals surface area (Å²) in [4.78, 5) is 15.4. The molecule has 0 unspecified atom stereocenters. The van der Waals surface area contributed by atoms with Crippen LogP contribution in [0.1, 0.15) is 11.1 Å². The fourth-order valence-electron chi connectivity index (χ4n) is 2.33. The third kappa shape index (κ3) is 3.78. The predicted molar refractivity (Wildman–Crippen MR) is 77.8 cm³/mol. The van der Waals surface area contributed by atoms with Crippen LogP contribution in [0.5, 0.6) is 0 Å². The van der Waals surface area contributed by atoms with E-state index in [9.17, 15) is 4.79 Å². The number of carbonyl (C=O) groups is 1. The van der Waals surface area contributed by atoms with E-state index in [2.05, 4.69) is 46.0 Å². The zero-order valence-corrected chi connectivity index (χ0v) is 12.7. The first-order valence-electron chi connectivity index (χ1n) is 6.46. The average Bonchev–Trinajstić information content (AvgIpc) is 2.42. The van der Waals surface area contributed by atoms with Crippen molar-refractivity contribution in [2.24, 2.45) is 0 Å². The molecule has 4 nitrogen and oxygen atoms in total. The standard InChI is InChI=1S/C14H19BrN2O2/c1-11-8-13(15)3-2-12(11)9-16-4-6-17(7-5-16)14(19)10-18/h2-3,8,18H,4-7,9-10H2,1H3. The molecule has 1 fully saturated rings. The molecule has 1 aromatic carbocycles. The molecule has 1 aromatic rings. The number of nitrogens with zero attached hydrogens (tertiary/aromatic N) is 2. The minimum absolute atomic E-state index is 0.167. The lowest BCUT2D eigenvalue weighted by molar-refractivity contribution is -0.135. The van der Waals surface area contributed by atoms with Gasteiger partial charge in [0.2, 0.25) is 5.91 Å². The number of carbonyl (C=O) groups excluding carboxylic acids is 1. The third-order valence-electron chi connectivity index (χ3n) is 3.56. The van der Waals surface area contributed by atoms with Crippen LogP contribution < -0.4 is 0 Å². The highest BCUT2D eigenvalue weighted by atomic mass is 79.9. The van der Waals surface area contributed by atoms with Crippen molar-refractivity contribution in [3.63, 3.8) is 0 Å². The molecule has 1 aliphatic rings. The second-order valence-corrected chi connectivity index (χ2v) is 5.80. The maximum Gasteiger partial charge on any atom is 0.248 e. The molecule has 0 aliphatic carbocycles. The van der Waals surface area contributed by atoms with E-state index in [0.29, 0.717) is 13.1 Å². The number of aliphatic hydroxyl groups excluding tert-OH is 1. The summed E-state index contributed by atoms with van der Waals surface area (Å²) in [7, 11) is 0. The van der Waals surface area contributed by atoms with Crippen molar-refractivity contribution in [2.75, 3.05) is 32.8 Å². The lowest BCUT2D eigenvalue weighted by Gasteiger charge is -2.34. The quantitative estimate of drug-likeness (QED) is 0.913. The lowest BCUT2D eigenvalue weighted by atomic mass is 10.1. The van der Waals surface area contributed by atoms with Gasteiger partial charge in [0.25, 0.3) is 0 Å². The number of hydrogen-bond acceptors (Lipinski definition) is 3. The van der Waals surface area contributed by atoms with E-state index < -0.39 is 0 Å². The van der Waals surface area contributed by atoms with Crippen LogP contribution in [0.2, 0.25) is 0 Å². The monoisotopic (exact) mass is 326 g/mol. The van der Waals surface area contributed by atoms with E-state index in [1.165, 1.54) is 11.1 Å². The second kappa shape index (κ2) is 6.50. The van der Waals surface area contributed by atoms with E-state index in [4.69, 9.17) is 5.11 Å². The van der Waals surface area contributed by atoms with Gasteiger partial charge in [-0.25, -0.2) is 0 Å². The first-order valence-corrected chi connectivity index (χ1v) is 7.25. The number of hydrogen-bond donors (Lipinski definition) is 1. The first kappa shape index (κ1) is 14.5. The largest absolute Gasteiger partial charge is 0.387 e. The maximum absolute atomic E-state index is 11.4. The van der Waals surface area contributed by atoms with E-state index in [1.54, 1.807) is 4.90 Å². The van der Waals surface area contributed by atoms with Gasteiger partial charge in [-0.3, -0.25) is 9.69 Å². The van der Waals surface area contributed by atoms with Crippen molar-refractivity contribution in [3.8, 4) is 0 Å². The lowest BCUT2D eigenvalue weighted by Crippen LogP contribution is -2.49. The molecule has 19 heavy (non-hydrogen) atoms. The van der Waals surface area contributed by atoms with Gasteiger partial charge in [0.05, 0.1) is 0 Å². The van der Waals surface area contributed by atoms with E-state index in [-0.39, 0.29) is 12.5 Å². The smallest absolute Gasteiger partial charge is 0.248 e. The Morgan fingerprint density at radius 3 is 2.58 bits per heavy atom. The van der Waals surface area contributed by atoms with Crippen LogP contribution in [0.25, 0.3) is 0 Å². The zero-order valence-electron chi connectivity index (χ0n) is 11.1. The van der Waals surface area contributed by atoms with Gasteiger partial charge in [-0.2, -0.15) is 0 Å². The van der Waals surface area contributed by atoms with E-state index in [0.717, 1.165) is 24.1 Å². The second-order valence-electron chi connectivity index (χ2n) is 4.89. The SMILES string of the molecule is Cc1cc(Br)ccc1CN1CCN(C(=O)CO)CC1. The third-order valence-corrected chi connectivity index (χ3v) is 4.05. The molecule has 1 N–H and O–H groups in total. The number of aryl methyl sites for hydroxylation is 1. The average molecular weight is 327 g/mol. The van der Waals surface area contributed by atoms with Gasteiger partial charge in [0.1, 0.15) is 6.61 Å². The summed E-state index contributed by atoms with van der Waals surface area (Å²) in [5.41, 5.74) is 2.60. The molecule has 0 bridgehead atoms. The molecule has 0 radical (unpaired) electrons. The van der Waals surface area contributed by atoms with Crippen LogP contribution in [-0.4, -0.2) is 53.6 Å². The molecule has 2 rings (SSSR count). The topological polar surface area (TPSA) is 43.8 Å². The summed E-state index contributed by atoms with van der Waals surface area (Å²) in [6, 6.07) is 6.33. The van der Waals surface area contributed by atoms with Gasteiger partial charge in [0.15, 0.2) is 0 Å². The molecule has 0 saturated carbocycles. The number of piperazine rings is 1. The Balaban J connectivity index is 1.90. The van der Waals surface area contributed by atoms with E-state index >= 15 is 0 Å². The van der Waals surface area contributed by atoms with Crippen molar-refractivity contribution >= 4 is 21.8 Å². The number of benzene rings is 1. The van der Waals surface area contributed by atoms with Crippen LogP contribution in [0.4, 0.5) is 0 Å². The molecular formula is C14H19BrN2O2. The molecule has 1 amide bonds. The molecule has 1 saturated heterocycles. The van der Waals surface area contributed by atoms with Crippen molar-refractivity contribution in [1.29, 1.82) is 0 Å². The van der Waals surface area contributed by atoms with E-state index in [1.807, 2.05) is 0 Å². The van der Waals surface area contributed by atoms with Gasteiger partial charge in [-0.1, -0.05) is 22.0 Å². The maximum atomic E-state index is 11.4. The number of rotatable bonds is 3. The molecule has 1 heterocycles. The minimum Gasteiger partial charge on any atom is -0.387 e. The molecule has 0 aromatic heterocycles. The minimum atomic E-state index is -0.383. The summed E-state index contributed by atoms with van der Waals surface area (Å²) in [5, 5.41) is 8.84. The molecule has 0 spiro atoms. The Morgan fingerprint density at radius 1 is 1.32 bits per heavy atom. The number of halogens is 1. The Bertz CT molecular complexity index is 457. The Labute approximate surface area is 122 Å². The molecule has 104 valence electrons. The molecule has 1 aliphatic heterocycles. The first-order chi connectivity index (χ1) is 9.10. The Hall–Kier alpha value is -0.910. The van der Waals surface area contributed by atoms with Gasteiger partial charge >= 0.3 is 0 Å². The Morgan fingerprint density at radius 2 is 2.00 bits per heavy atom. The summed E-state index contributed by atoms with van der Waals surface area (Å²) >= 11 is 3.47. The summed E-state index contributed by atoms with van der Waals surface area (Å²) in [6.45, 7) is 5.78. The normalized spacial score (nSPS) is 16.7. The summed E-state index contributed by atoms with van der Waals surface area (Å²) in [5.74, 6) is -0.167. The summed E-state index contributed by atoms with van der Waals surface area (Å²) in [6.07, 6.45) is 0. The fraction of sp³-hybridized carbons (Fsp3) is 0.500. The number of aliphatic hydroxyl groups is 1. The molecule has 5 heteroatoms. The fourth-order valence-corrected chi connectivity index (χ4v) is 2.81. The highest BCUT2D eigenvalue weighted by Crippen LogP contribution is 2.18. The molecular weight excluding hydrogens is 308 g/mol. The predicted octanol–water partition coefficient (Wildman–Crippen LogP) is 1.39. The van der Waals surface area contributed by atoms with Crippen molar-refractivity contribution < 1.29 is 9.90 Å². The summed E-state index contributed by atoms with van der Waals surface area (Å²) < 4.78 is 1.10. The van der Waals surface area contributed by atoms with Gasteiger partial charge in [0, 0.05) is 37.2 Å².